The number of hydrogen-bond acceptors (Lipinski definition) is 2. The van der Waals surface area contributed by atoms with Crippen LogP contribution in [0.5, 0.6) is 0 Å². The first kappa shape index (κ1) is 22.3. The van der Waals surface area contributed by atoms with Crippen LogP contribution >= 0.6 is 0 Å². The molecule has 2 aromatic heterocycles. The summed E-state index contributed by atoms with van der Waals surface area (Å²) >= 11 is 0. The lowest BCUT2D eigenvalue weighted by atomic mass is 9.93. The summed E-state index contributed by atoms with van der Waals surface area (Å²) in [5.41, 5.74) is 8.12. The molecule has 0 saturated heterocycles. The van der Waals surface area contributed by atoms with Crippen LogP contribution < -0.4 is 0 Å². The summed E-state index contributed by atoms with van der Waals surface area (Å²) in [6.45, 7) is 0. The van der Waals surface area contributed by atoms with Gasteiger partial charge < -0.3 is 0 Å². The summed E-state index contributed by atoms with van der Waals surface area (Å²) in [6.07, 6.45) is 0. The zero-order chi connectivity index (χ0) is 26.9. The summed E-state index contributed by atoms with van der Waals surface area (Å²) in [5.74, 6) is 0. The number of hydrogen-bond donors (Lipinski definition) is 0. The molecule has 3 nitrogen and oxygen atoms in total. The van der Waals surface area contributed by atoms with Crippen LogP contribution in [0, 0.1) is 0 Å². The van der Waals surface area contributed by atoms with E-state index in [9.17, 15) is 0 Å². The van der Waals surface area contributed by atoms with Crippen molar-refractivity contribution in [3.05, 3.63) is 140 Å². The molecule has 9 rings (SSSR count). The number of fused-ring (bicyclic) bond motifs is 8. The van der Waals surface area contributed by atoms with E-state index in [1.54, 1.807) is 0 Å². The lowest BCUT2D eigenvalue weighted by molar-refractivity contribution is 1.14. The minimum atomic E-state index is 0.873. The van der Waals surface area contributed by atoms with Gasteiger partial charge in [-0.05, 0) is 79.8 Å². The molecule has 41 heavy (non-hydrogen) atoms. The van der Waals surface area contributed by atoms with Gasteiger partial charge in [0.15, 0.2) is 5.65 Å². The van der Waals surface area contributed by atoms with E-state index in [1.807, 2.05) is 0 Å². The fourth-order valence-corrected chi connectivity index (χ4v) is 6.40. The summed E-state index contributed by atoms with van der Waals surface area (Å²) in [5, 5.41) is 8.55. The van der Waals surface area contributed by atoms with Crippen LogP contribution in [0.2, 0.25) is 0 Å². The van der Waals surface area contributed by atoms with E-state index in [1.165, 1.54) is 37.9 Å². The minimum Gasteiger partial charge on any atom is -0.293 e. The van der Waals surface area contributed by atoms with Crippen molar-refractivity contribution in [2.24, 2.45) is 0 Å². The van der Waals surface area contributed by atoms with Crippen LogP contribution in [0.4, 0.5) is 0 Å². The maximum Gasteiger partial charge on any atom is 0.165 e. The highest BCUT2D eigenvalue weighted by atomic mass is 15.1. The fourth-order valence-electron chi connectivity index (χ4n) is 6.40. The normalized spacial score (nSPS) is 11.9. The topological polar surface area (TPSA) is 30.7 Å². The molecule has 190 valence electrons. The van der Waals surface area contributed by atoms with E-state index in [-0.39, 0.29) is 0 Å². The number of para-hydroxylation sites is 1. The minimum absolute atomic E-state index is 0.873. The van der Waals surface area contributed by atoms with E-state index in [4.69, 9.17) is 9.97 Å². The van der Waals surface area contributed by atoms with Gasteiger partial charge >= 0.3 is 0 Å². The van der Waals surface area contributed by atoms with Crippen molar-refractivity contribution < 1.29 is 0 Å². The second-order valence-electron chi connectivity index (χ2n) is 10.7. The van der Waals surface area contributed by atoms with Crippen molar-refractivity contribution in [3.63, 3.8) is 0 Å². The van der Waals surface area contributed by atoms with Gasteiger partial charge in [0.05, 0.1) is 16.6 Å². The smallest absolute Gasteiger partial charge is 0.165 e. The molecule has 0 fully saturated rings. The average Bonchev–Trinajstić information content (AvgIpc) is 3.36. The Kier molecular flexibility index (Phi) is 4.61. The zero-order valence-electron chi connectivity index (χ0n) is 22.1. The highest BCUT2D eigenvalue weighted by Gasteiger charge is 2.17. The van der Waals surface area contributed by atoms with Crippen molar-refractivity contribution in [2.75, 3.05) is 0 Å². The molecule has 0 N–H and O–H groups in total. The number of aromatic nitrogens is 3. The molecule has 2 heterocycles. The molecule has 0 aliphatic rings. The van der Waals surface area contributed by atoms with Gasteiger partial charge in [0.25, 0.3) is 0 Å². The van der Waals surface area contributed by atoms with Crippen LogP contribution in [0.25, 0.3) is 82.2 Å². The van der Waals surface area contributed by atoms with Crippen LogP contribution in [-0.4, -0.2) is 14.5 Å². The monoisotopic (exact) mass is 521 g/mol. The van der Waals surface area contributed by atoms with E-state index in [2.05, 4.69) is 144 Å². The number of benzene rings is 7. The molecule has 0 aliphatic heterocycles. The summed E-state index contributed by atoms with van der Waals surface area (Å²) in [6, 6.07) is 49.6. The maximum absolute atomic E-state index is 5.26. The van der Waals surface area contributed by atoms with E-state index in [0.717, 1.165) is 44.4 Å². The van der Waals surface area contributed by atoms with Crippen molar-refractivity contribution in [1.82, 2.24) is 14.5 Å². The van der Waals surface area contributed by atoms with Gasteiger partial charge in [0.1, 0.15) is 5.52 Å². The molecule has 0 radical (unpaired) electrons. The van der Waals surface area contributed by atoms with Gasteiger partial charge in [-0.25, -0.2) is 9.97 Å². The van der Waals surface area contributed by atoms with Crippen molar-refractivity contribution in [3.8, 4) is 16.8 Å². The second kappa shape index (κ2) is 8.48. The Morgan fingerprint density at radius 3 is 2.02 bits per heavy atom. The van der Waals surface area contributed by atoms with Gasteiger partial charge in [-0.3, -0.25) is 4.57 Å². The zero-order valence-corrected chi connectivity index (χ0v) is 22.1. The third-order valence-corrected chi connectivity index (χ3v) is 8.33. The quantitative estimate of drug-likeness (QED) is 0.212. The fraction of sp³-hybridized carbons (Fsp3) is 0. The molecular formula is C38H23N3. The molecule has 0 saturated carbocycles. The van der Waals surface area contributed by atoms with Crippen LogP contribution in [-0.2, 0) is 0 Å². The molecule has 0 unspecified atom stereocenters. The van der Waals surface area contributed by atoms with Crippen LogP contribution in [0.15, 0.2) is 140 Å². The van der Waals surface area contributed by atoms with E-state index >= 15 is 0 Å². The molecule has 7 aromatic carbocycles. The molecular weight excluding hydrogens is 498 g/mol. The largest absolute Gasteiger partial charge is 0.293 e. The Morgan fingerprint density at radius 2 is 1.15 bits per heavy atom. The highest BCUT2D eigenvalue weighted by Crippen LogP contribution is 2.37. The highest BCUT2D eigenvalue weighted by molar-refractivity contribution is 6.14. The van der Waals surface area contributed by atoms with Gasteiger partial charge in [-0.1, -0.05) is 103 Å². The van der Waals surface area contributed by atoms with Crippen molar-refractivity contribution in [1.29, 1.82) is 0 Å². The Labute approximate surface area is 235 Å². The van der Waals surface area contributed by atoms with Gasteiger partial charge in [0, 0.05) is 11.1 Å². The predicted octanol–water partition coefficient (Wildman–Crippen LogP) is 9.85. The first-order valence-corrected chi connectivity index (χ1v) is 13.9. The number of rotatable bonds is 2. The van der Waals surface area contributed by atoms with E-state index in [0.29, 0.717) is 0 Å². The van der Waals surface area contributed by atoms with Crippen LogP contribution in [0.3, 0.4) is 0 Å². The van der Waals surface area contributed by atoms with Crippen LogP contribution in [0.1, 0.15) is 0 Å². The Bertz CT molecular complexity index is 2490. The molecule has 0 bridgehead atoms. The van der Waals surface area contributed by atoms with Gasteiger partial charge in [-0.15, -0.1) is 0 Å². The SMILES string of the molecule is c1ccc2cc(-n3c4ccccc4c4nc5cc(-c6cc7ccccc7c7ccccc67)ccc5nc43)ccc2c1. The Balaban J connectivity index is 1.30. The molecule has 3 heteroatoms. The molecule has 0 atom stereocenters. The molecule has 0 aliphatic carbocycles. The second-order valence-corrected chi connectivity index (χ2v) is 10.7. The summed E-state index contributed by atoms with van der Waals surface area (Å²) in [7, 11) is 0. The van der Waals surface area contributed by atoms with E-state index < -0.39 is 0 Å². The van der Waals surface area contributed by atoms with Crippen molar-refractivity contribution >= 4 is 65.4 Å². The summed E-state index contributed by atoms with van der Waals surface area (Å²) in [4.78, 5) is 10.5. The Morgan fingerprint density at radius 1 is 0.439 bits per heavy atom. The molecule has 0 spiro atoms. The molecule has 9 aromatic rings. The lowest BCUT2D eigenvalue weighted by Gasteiger charge is -2.12. The standard InChI is InChI=1S/C38H23N3/c1-2-10-25-21-28(19-17-24(25)9-1)41-36-16-8-7-15-32(36)37-38(41)40-34-20-18-27(23-35(34)39-37)33-22-26-11-3-4-12-29(26)30-13-5-6-14-31(30)33/h1-23H. The summed E-state index contributed by atoms with van der Waals surface area (Å²) < 4.78 is 2.24. The maximum atomic E-state index is 5.26. The third-order valence-electron chi connectivity index (χ3n) is 8.33. The number of nitrogens with zero attached hydrogens (tertiary/aromatic N) is 3. The van der Waals surface area contributed by atoms with Crippen molar-refractivity contribution in [2.45, 2.75) is 0 Å². The Hall–Kier alpha value is -5.54. The lowest BCUT2D eigenvalue weighted by Crippen LogP contribution is -1.97. The third kappa shape index (κ3) is 3.33. The average molecular weight is 522 g/mol. The predicted molar refractivity (Wildman–Crippen MR) is 172 cm³/mol. The molecule has 0 amide bonds. The first-order chi connectivity index (χ1) is 20.3. The van der Waals surface area contributed by atoms with Gasteiger partial charge in [-0.2, -0.15) is 0 Å². The van der Waals surface area contributed by atoms with Gasteiger partial charge in [0.2, 0.25) is 0 Å². The first-order valence-electron chi connectivity index (χ1n) is 13.9.